The van der Waals surface area contributed by atoms with Crippen molar-refractivity contribution in [3.05, 3.63) is 64.6 Å². The lowest BCUT2D eigenvalue weighted by atomic mass is 10.1. The third-order valence-corrected chi connectivity index (χ3v) is 5.31. The topological polar surface area (TPSA) is 75.5 Å². The third kappa shape index (κ3) is 4.63. The van der Waals surface area contributed by atoms with Crippen LogP contribution in [-0.2, 0) is 17.8 Å². The third-order valence-electron chi connectivity index (χ3n) is 5.31. The molecule has 1 heterocycles. The maximum atomic E-state index is 13.2. The summed E-state index contributed by atoms with van der Waals surface area (Å²) in [5, 5.41) is 16.1. The number of hydrogen-bond donors (Lipinski definition) is 3. The number of hydrogen-bond acceptors (Lipinski definition) is 4. The highest BCUT2D eigenvalue weighted by Gasteiger charge is 2.18. The second kappa shape index (κ2) is 9.73. The number of amides is 1. The molecule has 0 radical (unpaired) electrons. The monoisotopic (exact) mass is 413 g/mol. The number of rotatable bonds is 9. The predicted molar refractivity (Wildman–Crippen MR) is 116 cm³/mol. The molecule has 0 saturated heterocycles. The Labute approximate surface area is 175 Å². The summed E-state index contributed by atoms with van der Waals surface area (Å²) in [6.07, 6.45) is 0. The highest BCUT2D eigenvalue weighted by atomic mass is 19.1. The van der Waals surface area contributed by atoms with E-state index in [-0.39, 0.29) is 24.9 Å². The van der Waals surface area contributed by atoms with Crippen LogP contribution in [0, 0.1) is 19.7 Å². The van der Waals surface area contributed by atoms with Crippen molar-refractivity contribution >= 4 is 22.5 Å². The number of aliphatic hydroxyl groups excluding tert-OH is 1. The van der Waals surface area contributed by atoms with Gasteiger partial charge < -0.3 is 25.0 Å². The molecular formula is C23H28FN3O3. The number of benzene rings is 2. The van der Waals surface area contributed by atoms with Crippen LogP contribution in [0.5, 0.6) is 0 Å². The number of aliphatic hydroxyl groups is 1. The first-order chi connectivity index (χ1) is 14.5. The average Bonchev–Trinajstić information content (AvgIpc) is 3.00. The number of aromatic nitrogens is 1. The van der Waals surface area contributed by atoms with Gasteiger partial charge in [0.05, 0.1) is 24.4 Å². The fraction of sp³-hybridized carbons (Fsp3) is 0.348. The van der Waals surface area contributed by atoms with Gasteiger partial charge in [-0.15, -0.1) is 0 Å². The van der Waals surface area contributed by atoms with Gasteiger partial charge in [0.25, 0.3) is 5.91 Å². The SMILES string of the molecule is COCCn1c(C)c(C)c2cc(C(=O)NCCO)cc(NCc3ccc(F)cc3)c21. The molecule has 0 aliphatic heterocycles. The minimum Gasteiger partial charge on any atom is -0.395 e. The Morgan fingerprint density at radius 2 is 1.93 bits per heavy atom. The number of aryl methyl sites for hydroxylation is 1. The Hall–Kier alpha value is -2.90. The maximum Gasteiger partial charge on any atom is 0.251 e. The number of nitrogens with zero attached hydrogens (tertiary/aromatic N) is 1. The first-order valence-corrected chi connectivity index (χ1v) is 9.96. The molecule has 0 fully saturated rings. The summed E-state index contributed by atoms with van der Waals surface area (Å²) in [6.45, 7) is 5.93. The first kappa shape index (κ1) is 21.8. The smallest absolute Gasteiger partial charge is 0.251 e. The fourth-order valence-corrected chi connectivity index (χ4v) is 3.58. The van der Waals surface area contributed by atoms with Crippen LogP contribution in [0.1, 0.15) is 27.2 Å². The lowest BCUT2D eigenvalue weighted by molar-refractivity contribution is 0.0945. The van der Waals surface area contributed by atoms with E-state index in [4.69, 9.17) is 9.84 Å². The van der Waals surface area contributed by atoms with Crippen molar-refractivity contribution in [2.45, 2.75) is 26.9 Å². The number of carbonyl (C=O) groups excluding carboxylic acids is 1. The summed E-state index contributed by atoms with van der Waals surface area (Å²) < 4.78 is 20.7. The number of halogens is 1. The molecule has 3 N–H and O–H groups in total. The Morgan fingerprint density at radius 3 is 2.60 bits per heavy atom. The van der Waals surface area contributed by atoms with Crippen LogP contribution < -0.4 is 10.6 Å². The maximum absolute atomic E-state index is 13.2. The van der Waals surface area contributed by atoms with Crippen LogP contribution in [0.15, 0.2) is 36.4 Å². The van der Waals surface area contributed by atoms with Crippen LogP contribution in [-0.4, -0.2) is 42.4 Å². The van der Waals surface area contributed by atoms with Gasteiger partial charge >= 0.3 is 0 Å². The molecule has 1 amide bonds. The number of methoxy groups -OCH3 is 1. The molecule has 0 aliphatic rings. The lowest BCUT2D eigenvalue weighted by Gasteiger charge is -2.15. The Bertz CT molecular complexity index is 1030. The molecule has 30 heavy (non-hydrogen) atoms. The summed E-state index contributed by atoms with van der Waals surface area (Å²) >= 11 is 0. The van der Waals surface area contributed by atoms with Crippen LogP contribution in [0.4, 0.5) is 10.1 Å². The molecule has 2 aromatic carbocycles. The quantitative estimate of drug-likeness (QED) is 0.503. The van der Waals surface area contributed by atoms with Gasteiger partial charge in [0.2, 0.25) is 0 Å². The molecule has 1 aromatic heterocycles. The van der Waals surface area contributed by atoms with E-state index >= 15 is 0 Å². The summed E-state index contributed by atoms with van der Waals surface area (Å²) in [5.41, 5.74) is 5.48. The minimum absolute atomic E-state index is 0.116. The molecule has 160 valence electrons. The van der Waals surface area contributed by atoms with Crippen molar-refractivity contribution < 1.29 is 19.0 Å². The summed E-state index contributed by atoms with van der Waals surface area (Å²) in [5.74, 6) is -0.513. The van der Waals surface area contributed by atoms with E-state index in [9.17, 15) is 9.18 Å². The van der Waals surface area contributed by atoms with Crippen molar-refractivity contribution in [3.63, 3.8) is 0 Å². The van der Waals surface area contributed by atoms with Gasteiger partial charge in [0.1, 0.15) is 5.82 Å². The van der Waals surface area contributed by atoms with Gasteiger partial charge in [-0.25, -0.2) is 4.39 Å². The standard InChI is InChI=1S/C23H28FN3O3/c1-15-16(2)27(9-11-30-3)22-20(15)12-18(23(29)25-8-10-28)13-21(22)26-14-17-4-6-19(24)7-5-17/h4-7,12-13,26,28H,8-11,14H2,1-3H3,(H,25,29). The number of anilines is 1. The lowest BCUT2D eigenvalue weighted by Crippen LogP contribution is -2.26. The number of ether oxygens (including phenoxy) is 1. The molecule has 7 heteroatoms. The van der Waals surface area contributed by atoms with Crippen LogP contribution in [0.2, 0.25) is 0 Å². The van der Waals surface area contributed by atoms with Crippen molar-refractivity contribution in [1.82, 2.24) is 9.88 Å². The highest BCUT2D eigenvalue weighted by Crippen LogP contribution is 2.33. The molecule has 0 bridgehead atoms. The van der Waals surface area contributed by atoms with Crippen molar-refractivity contribution in [1.29, 1.82) is 0 Å². The highest BCUT2D eigenvalue weighted by molar-refractivity contribution is 6.04. The van der Waals surface area contributed by atoms with Crippen LogP contribution in [0.25, 0.3) is 10.9 Å². The number of carbonyl (C=O) groups is 1. The zero-order valence-corrected chi connectivity index (χ0v) is 17.6. The van der Waals surface area contributed by atoms with Crippen LogP contribution >= 0.6 is 0 Å². The van der Waals surface area contributed by atoms with E-state index in [0.717, 1.165) is 33.4 Å². The Balaban J connectivity index is 2.05. The second-order valence-corrected chi connectivity index (χ2v) is 7.23. The Kier molecular flexibility index (Phi) is 7.07. The number of fused-ring (bicyclic) bond motifs is 1. The van der Waals surface area contributed by atoms with Crippen molar-refractivity contribution in [2.75, 3.05) is 32.2 Å². The van der Waals surface area contributed by atoms with Crippen LogP contribution in [0.3, 0.4) is 0 Å². The molecular weight excluding hydrogens is 385 g/mol. The predicted octanol–water partition coefficient (Wildman–Crippen LogP) is 3.38. The summed E-state index contributed by atoms with van der Waals surface area (Å²) in [4.78, 5) is 12.6. The molecule has 0 unspecified atom stereocenters. The summed E-state index contributed by atoms with van der Waals surface area (Å²) in [6, 6.07) is 10.0. The Morgan fingerprint density at radius 1 is 1.20 bits per heavy atom. The normalized spacial score (nSPS) is 11.1. The molecule has 0 saturated carbocycles. The van der Waals surface area contributed by atoms with E-state index < -0.39 is 0 Å². The molecule has 3 rings (SSSR count). The van der Waals surface area contributed by atoms with Crippen molar-refractivity contribution in [2.24, 2.45) is 0 Å². The zero-order chi connectivity index (χ0) is 21.7. The first-order valence-electron chi connectivity index (χ1n) is 9.96. The molecule has 0 spiro atoms. The summed E-state index contributed by atoms with van der Waals surface area (Å²) in [7, 11) is 1.67. The van der Waals surface area contributed by atoms with Gasteiger partial charge in [0, 0.05) is 43.4 Å². The second-order valence-electron chi connectivity index (χ2n) is 7.23. The van der Waals surface area contributed by atoms with E-state index in [1.807, 2.05) is 19.1 Å². The molecule has 3 aromatic rings. The number of nitrogens with one attached hydrogen (secondary N) is 2. The average molecular weight is 413 g/mol. The van der Waals surface area contributed by atoms with Crippen molar-refractivity contribution in [3.8, 4) is 0 Å². The largest absolute Gasteiger partial charge is 0.395 e. The van der Waals surface area contributed by atoms with E-state index in [1.54, 1.807) is 19.2 Å². The van der Waals surface area contributed by atoms with E-state index in [2.05, 4.69) is 22.1 Å². The van der Waals surface area contributed by atoms with Gasteiger partial charge in [-0.1, -0.05) is 12.1 Å². The van der Waals surface area contributed by atoms with Gasteiger partial charge in [-0.05, 0) is 49.2 Å². The molecule has 0 aliphatic carbocycles. The fourth-order valence-electron chi connectivity index (χ4n) is 3.58. The minimum atomic E-state index is -0.275. The zero-order valence-electron chi connectivity index (χ0n) is 17.6. The van der Waals surface area contributed by atoms with Gasteiger partial charge in [-0.3, -0.25) is 4.79 Å². The van der Waals surface area contributed by atoms with Gasteiger partial charge in [0.15, 0.2) is 0 Å². The van der Waals surface area contributed by atoms with E-state index in [1.165, 1.54) is 12.1 Å². The molecule has 6 nitrogen and oxygen atoms in total. The molecule has 0 atom stereocenters. The van der Waals surface area contributed by atoms with Gasteiger partial charge in [-0.2, -0.15) is 0 Å². The van der Waals surface area contributed by atoms with E-state index in [0.29, 0.717) is 25.3 Å².